The molecule has 0 heterocycles. The van der Waals surface area contributed by atoms with Crippen LogP contribution in [0.1, 0.15) is 71.1 Å². The third-order valence-electron chi connectivity index (χ3n) is 3.18. The van der Waals surface area contributed by atoms with Crippen molar-refractivity contribution in [2.24, 2.45) is 0 Å². The summed E-state index contributed by atoms with van der Waals surface area (Å²) in [6, 6.07) is 0. The van der Waals surface area contributed by atoms with Crippen molar-refractivity contribution >= 4 is 39.7 Å². The van der Waals surface area contributed by atoms with Gasteiger partial charge >= 0.3 is 0 Å². The van der Waals surface area contributed by atoms with E-state index in [1.807, 2.05) is 0 Å². The van der Waals surface area contributed by atoms with E-state index in [2.05, 4.69) is 28.1 Å². The Morgan fingerprint density at radius 3 is 1.25 bits per heavy atom. The number of hydrogen-bond acceptors (Lipinski definition) is 0. The first-order chi connectivity index (χ1) is 9.29. The molecule has 0 aliphatic carbocycles. The molecule has 0 fully saturated rings. The zero-order valence-electron chi connectivity index (χ0n) is 13.8. The van der Waals surface area contributed by atoms with E-state index in [0.717, 1.165) is 4.48 Å². The molecule has 124 valence electrons. The highest BCUT2D eigenvalue weighted by atomic mass is 36.0. The molecule has 0 aromatic heterocycles. The summed E-state index contributed by atoms with van der Waals surface area (Å²) in [5.74, 6) is -1.20. The Hall–Kier alpha value is 1.26. The van der Waals surface area contributed by atoms with Gasteiger partial charge in [0.05, 0.1) is 27.7 Å². The zero-order valence-corrected chi connectivity index (χ0v) is 17.0. The highest BCUT2D eigenvalue weighted by Gasteiger charge is 2.04. The molecule has 0 aliphatic rings. The summed E-state index contributed by atoms with van der Waals surface area (Å²) in [7, 11) is 6.86. The molecular formula is C15H34Cl3NP+. The maximum atomic E-state index is 4.87. The average Bonchev–Trinajstić information content (AvgIpc) is 2.29. The molecule has 0 bridgehead atoms. The van der Waals surface area contributed by atoms with Gasteiger partial charge in [0.25, 0.3) is 0 Å². The molecule has 0 aromatic carbocycles. The number of hydrogen-bond donors (Lipinski definition) is 0. The van der Waals surface area contributed by atoms with Crippen LogP contribution in [0.5, 0.6) is 0 Å². The lowest BCUT2D eigenvalue weighted by Crippen LogP contribution is -2.35. The van der Waals surface area contributed by atoms with Crippen LogP contribution >= 0.6 is 39.7 Å². The number of unbranched alkanes of at least 4 members (excludes halogenated alkanes) is 9. The van der Waals surface area contributed by atoms with Crippen LogP contribution in [0, 0.1) is 0 Å². The van der Waals surface area contributed by atoms with Crippen molar-refractivity contribution in [3.8, 4) is 0 Å². The van der Waals surface area contributed by atoms with Gasteiger partial charge in [0.2, 0.25) is 0 Å². The third-order valence-corrected chi connectivity index (χ3v) is 3.18. The lowest BCUT2D eigenvalue weighted by molar-refractivity contribution is -0.870. The fraction of sp³-hybridized carbons (Fsp3) is 1.00. The van der Waals surface area contributed by atoms with Crippen LogP contribution in [-0.2, 0) is 0 Å². The van der Waals surface area contributed by atoms with E-state index in [-0.39, 0.29) is 0 Å². The Labute approximate surface area is 143 Å². The summed E-state index contributed by atoms with van der Waals surface area (Å²) in [6.07, 6.45) is 14.4. The fourth-order valence-corrected chi connectivity index (χ4v) is 2.07. The Morgan fingerprint density at radius 1 is 0.650 bits per heavy atom. The SMILES string of the molecule is CCCCCCCCCCCC[N+](C)(C)C.ClP(Cl)Cl. The van der Waals surface area contributed by atoms with Gasteiger partial charge in [0.1, 0.15) is 0 Å². The van der Waals surface area contributed by atoms with Crippen LogP contribution in [0.15, 0.2) is 0 Å². The zero-order chi connectivity index (χ0) is 15.9. The van der Waals surface area contributed by atoms with Gasteiger partial charge in [-0.15, -0.1) is 0 Å². The molecule has 0 atom stereocenters. The monoisotopic (exact) mass is 364 g/mol. The number of rotatable bonds is 11. The van der Waals surface area contributed by atoms with Crippen molar-refractivity contribution in [1.29, 1.82) is 0 Å². The minimum Gasteiger partial charge on any atom is -0.331 e. The maximum absolute atomic E-state index is 4.87. The predicted octanol–water partition coefficient (Wildman–Crippen LogP) is 7.54. The lowest BCUT2D eigenvalue weighted by atomic mass is 10.1. The normalized spacial score (nSPS) is 11.4. The molecule has 5 heteroatoms. The van der Waals surface area contributed by atoms with Gasteiger partial charge in [-0.25, -0.2) is 0 Å². The second-order valence-corrected chi connectivity index (χ2v) is 11.4. The van der Waals surface area contributed by atoms with Gasteiger partial charge in [-0.05, 0) is 12.8 Å². The van der Waals surface area contributed by atoms with Crippen LogP contribution in [0.2, 0.25) is 0 Å². The number of nitrogens with zero attached hydrogens (tertiary/aromatic N) is 1. The maximum Gasteiger partial charge on any atom is 0.179 e. The first kappa shape index (κ1) is 23.5. The van der Waals surface area contributed by atoms with E-state index in [9.17, 15) is 0 Å². The summed E-state index contributed by atoms with van der Waals surface area (Å²) in [5, 5.41) is 0. The average molecular weight is 366 g/mol. The molecule has 0 aromatic rings. The molecule has 0 saturated carbocycles. The Kier molecular flexibility index (Phi) is 19.6. The van der Waals surface area contributed by atoms with Gasteiger partial charge in [0, 0.05) is 0 Å². The predicted molar refractivity (Wildman–Crippen MR) is 99.2 cm³/mol. The fourth-order valence-electron chi connectivity index (χ4n) is 2.07. The van der Waals surface area contributed by atoms with E-state index >= 15 is 0 Å². The van der Waals surface area contributed by atoms with Crippen molar-refractivity contribution in [2.75, 3.05) is 27.7 Å². The van der Waals surface area contributed by atoms with Crippen molar-refractivity contribution < 1.29 is 4.48 Å². The Morgan fingerprint density at radius 2 is 0.950 bits per heavy atom. The summed E-state index contributed by atoms with van der Waals surface area (Å²) < 4.78 is 1.12. The molecule has 1 nitrogen and oxygen atoms in total. The van der Waals surface area contributed by atoms with E-state index in [4.69, 9.17) is 33.7 Å². The van der Waals surface area contributed by atoms with Crippen molar-refractivity contribution in [1.82, 2.24) is 0 Å². The number of halogens is 3. The van der Waals surface area contributed by atoms with E-state index in [1.165, 1.54) is 70.8 Å². The molecule has 0 amide bonds. The summed E-state index contributed by atoms with van der Waals surface area (Å²) in [6.45, 7) is 3.62. The number of quaternary nitrogens is 1. The van der Waals surface area contributed by atoms with Gasteiger partial charge < -0.3 is 4.48 Å². The topological polar surface area (TPSA) is 0 Å². The van der Waals surface area contributed by atoms with Crippen molar-refractivity contribution in [3.05, 3.63) is 0 Å². The Balaban J connectivity index is 0. The van der Waals surface area contributed by atoms with Crippen LogP contribution < -0.4 is 0 Å². The van der Waals surface area contributed by atoms with Gasteiger partial charge in [-0.3, -0.25) is 0 Å². The van der Waals surface area contributed by atoms with Crippen molar-refractivity contribution in [3.63, 3.8) is 0 Å². The van der Waals surface area contributed by atoms with Crippen LogP contribution in [-0.4, -0.2) is 32.2 Å². The standard InChI is InChI=1S/C15H34N.Cl3P/c1-5-6-7-8-9-10-11-12-13-14-15-16(2,3)4;1-4(2)3/h5-15H2,1-4H3;/q+1;. The quantitative estimate of drug-likeness (QED) is 0.201. The van der Waals surface area contributed by atoms with Crippen LogP contribution in [0.3, 0.4) is 0 Å². The van der Waals surface area contributed by atoms with Crippen LogP contribution in [0.25, 0.3) is 0 Å². The third kappa shape index (κ3) is 31.6. The van der Waals surface area contributed by atoms with E-state index in [1.54, 1.807) is 0 Å². The minimum atomic E-state index is -1.20. The van der Waals surface area contributed by atoms with Crippen LogP contribution in [0.4, 0.5) is 0 Å². The molecule has 0 radical (unpaired) electrons. The minimum absolute atomic E-state index is 1.12. The lowest BCUT2D eigenvalue weighted by Gasteiger charge is -2.23. The van der Waals surface area contributed by atoms with E-state index in [0.29, 0.717) is 0 Å². The van der Waals surface area contributed by atoms with Gasteiger partial charge in [-0.2, -0.15) is 0 Å². The molecule has 0 N–H and O–H groups in total. The van der Waals surface area contributed by atoms with Gasteiger partial charge in [-0.1, -0.05) is 92.0 Å². The second kappa shape index (κ2) is 16.6. The second-order valence-electron chi connectivity index (χ2n) is 6.39. The smallest absolute Gasteiger partial charge is 0.179 e. The molecule has 20 heavy (non-hydrogen) atoms. The largest absolute Gasteiger partial charge is 0.331 e. The molecular weight excluding hydrogens is 332 g/mol. The van der Waals surface area contributed by atoms with E-state index < -0.39 is 5.98 Å². The summed E-state index contributed by atoms with van der Waals surface area (Å²) in [4.78, 5) is 0. The molecule has 0 rings (SSSR count). The molecule has 0 unspecified atom stereocenters. The first-order valence-corrected chi connectivity index (χ1v) is 11.9. The summed E-state index contributed by atoms with van der Waals surface area (Å²) in [5.41, 5.74) is 0. The molecule has 0 saturated heterocycles. The summed E-state index contributed by atoms with van der Waals surface area (Å²) >= 11 is 14.6. The Bertz CT molecular complexity index is 182. The van der Waals surface area contributed by atoms with Gasteiger partial charge in [0.15, 0.2) is 5.98 Å². The van der Waals surface area contributed by atoms with Crippen molar-refractivity contribution in [2.45, 2.75) is 71.1 Å². The highest BCUT2D eigenvalue weighted by Crippen LogP contribution is 2.51. The first-order valence-electron chi connectivity index (χ1n) is 7.87. The molecule has 0 spiro atoms. The molecule has 0 aliphatic heterocycles. The highest BCUT2D eigenvalue weighted by molar-refractivity contribution is 8.20.